The van der Waals surface area contributed by atoms with Crippen LogP contribution in [0.5, 0.6) is 0 Å². The fourth-order valence-corrected chi connectivity index (χ4v) is 1.91. The molecule has 0 radical (unpaired) electrons. The van der Waals surface area contributed by atoms with E-state index in [9.17, 15) is 4.79 Å². The summed E-state index contributed by atoms with van der Waals surface area (Å²) in [5, 5.41) is 11.7. The standard InChI is InChI=1S/C15H11IN2O2/c1-10-2-7-14(20-10)8-11(9-17)15(19)18-13-5-3-12(16)4-6-13/h2-8H,1H3,(H,18,19)/b11-8+. The van der Waals surface area contributed by atoms with E-state index in [2.05, 4.69) is 27.9 Å². The Morgan fingerprint density at radius 2 is 2.00 bits per heavy atom. The van der Waals surface area contributed by atoms with E-state index in [1.165, 1.54) is 6.08 Å². The summed E-state index contributed by atoms with van der Waals surface area (Å²) >= 11 is 2.18. The van der Waals surface area contributed by atoms with Gasteiger partial charge in [-0.15, -0.1) is 0 Å². The third kappa shape index (κ3) is 3.71. The van der Waals surface area contributed by atoms with Crippen molar-refractivity contribution in [2.75, 3.05) is 5.32 Å². The Morgan fingerprint density at radius 1 is 1.30 bits per heavy atom. The zero-order chi connectivity index (χ0) is 14.5. The number of benzene rings is 1. The predicted octanol–water partition coefficient (Wildman–Crippen LogP) is 3.74. The zero-order valence-electron chi connectivity index (χ0n) is 10.7. The molecule has 100 valence electrons. The van der Waals surface area contributed by atoms with Crippen molar-refractivity contribution < 1.29 is 9.21 Å². The Balaban J connectivity index is 2.16. The number of amides is 1. The van der Waals surface area contributed by atoms with Gasteiger partial charge in [0.25, 0.3) is 5.91 Å². The molecular formula is C15H11IN2O2. The van der Waals surface area contributed by atoms with Gasteiger partial charge in [-0.1, -0.05) is 0 Å². The monoisotopic (exact) mass is 378 g/mol. The summed E-state index contributed by atoms with van der Waals surface area (Å²) in [6.07, 6.45) is 1.43. The molecule has 0 saturated heterocycles. The van der Waals surface area contributed by atoms with Crippen LogP contribution >= 0.6 is 22.6 Å². The van der Waals surface area contributed by atoms with Gasteiger partial charge in [0.05, 0.1) is 0 Å². The van der Waals surface area contributed by atoms with Gasteiger partial charge in [0.1, 0.15) is 23.2 Å². The quantitative estimate of drug-likeness (QED) is 0.503. The van der Waals surface area contributed by atoms with Crippen LogP contribution in [0.2, 0.25) is 0 Å². The van der Waals surface area contributed by atoms with Crippen LogP contribution in [0.25, 0.3) is 6.08 Å². The van der Waals surface area contributed by atoms with Crippen molar-refractivity contribution in [1.82, 2.24) is 0 Å². The van der Waals surface area contributed by atoms with Gasteiger partial charge in [0, 0.05) is 15.3 Å². The molecule has 0 saturated carbocycles. The topological polar surface area (TPSA) is 66.0 Å². The van der Waals surface area contributed by atoms with Gasteiger partial charge < -0.3 is 9.73 Å². The van der Waals surface area contributed by atoms with Crippen molar-refractivity contribution in [1.29, 1.82) is 5.26 Å². The van der Waals surface area contributed by atoms with Crippen molar-refractivity contribution in [3.8, 4) is 6.07 Å². The molecule has 0 bridgehead atoms. The molecule has 1 amide bonds. The van der Waals surface area contributed by atoms with E-state index in [0.717, 1.165) is 9.33 Å². The lowest BCUT2D eigenvalue weighted by Gasteiger charge is -2.03. The second-order valence-corrected chi connectivity index (χ2v) is 5.32. The number of anilines is 1. The predicted molar refractivity (Wildman–Crippen MR) is 84.8 cm³/mol. The zero-order valence-corrected chi connectivity index (χ0v) is 12.8. The minimum absolute atomic E-state index is 0.00194. The smallest absolute Gasteiger partial charge is 0.266 e. The van der Waals surface area contributed by atoms with Crippen molar-refractivity contribution >= 4 is 40.3 Å². The van der Waals surface area contributed by atoms with Crippen LogP contribution in [0.3, 0.4) is 0 Å². The van der Waals surface area contributed by atoms with Gasteiger partial charge in [0.15, 0.2) is 0 Å². The fraction of sp³-hybridized carbons (Fsp3) is 0.0667. The number of carbonyl (C=O) groups is 1. The number of nitriles is 1. The minimum Gasteiger partial charge on any atom is -0.462 e. The summed E-state index contributed by atoms with van der Waals surface area (Å²) in [7, 11) is 0. The normalized spacial score (nSPS) is 10.9. The molecule has 0 aliphatic heterocycles. The van der Waals surface area contributed by atoms with Crippen LogP contribution in [0, 0.1) is 21.8 Å². The Kier molecular flexibility index (Phi) is 4.58. The van der Waals surface area contributed by atoms with E-state index in [1.54, 1.807) is 31.2 Å². The lowest BCUT2D eigenvalue weighted by atomic mass is 10.2. The van der Waals surface area contributed by atoms with Crippen molar-refractivity contribution in [2.24, 2.45) is 0 Å². The van der Waals surface area contributed by atoms with Crippen LogP contribution in [-0.4, -0.2) is 5.91 Å². The van der Waals surface area contributed by atoms with Crippen molar-refractivity contribution in [3.05, 3.63) is 57.1 Å². The second-order valence-electron chi connectivity index (χ2n) is 4.08. The fourth-order valence-electron chi connectivity index (χ4n) is 1.55. The molecule has 1 aromatic heterocycles. The van der Waals surface area contributed by atoms with Crippen LogP contribution in [0.1, 0.15) is 11.5 Å². The number of hydrogen-bond acceptors (Lipinski definition) is 3. The Labute approximate surface area is 130 Å². The molecule has 2 aromatic rings. The van der Waals surface area contributed by atoms with E-state index < -0.39 is 5.91 Å². The van der Waals surface area contributed by atoms with Gasteiger partial charge in [-0.3, -0.25) is 4.79 Å². The highest BCUT2D eigenvalue weighted by molar-refractivity contribution is 14.1. The number of furan rings is 1. The molecule has 1 heterocycles. The SMILES string of the molecule is Cc1ccc(/C=C(\C#N)C(=O)Nc2ccc(I)cc2)o1. The van der Waals surface area contributed by atoms with Gasteiger partial charge in [-0.05, 0) is 65.9 Å². The van der Waals surface area contributed by atoms with E-state index >= 15 is 0 Å². The lowest BCUT2D eigenvalue weighted by Crippen LogP contribution is -2.13. The molecule has 0 fully saturated rings. The summed E-state index contributed by atoms with van der Waals surface area (Å²) in [4.78, 5) is 12.0. The number of halogens is 1. The number of nitrogens with zero attached hydrogens (tertiary/aromatic N) is 1. The van der Waals surface area contributed by atoms with E-state index in [0.29, 0.717) is 11.4 Å². The first-order valence-corrected chi connectivity index (χ1v) is 6.91. The van der Waals surface area contributed by atoms with E-state index in [-0.39, 0.29) is 5.57 Å². The Hall–Kier alpha value is -2.07. The number of nitrogens with one attached hydrogen (secondary N) is 1. The molecule has 0 atom stereocenters. The molecule has 5 heteroatoms. The highest BCUT2D eigenvalue weighted by Gasteiger charge is 2.10. The number of aryl methyl sites for hydroxylation is 1. The maximum absolute atomic E-state index is 12.0. The molecule has 0 aliphatic rings. The minimum atomic E-state index is -0.456. The molecule has 0 spiro atoms. The first kappa shape index (κ1) is 14.3. The third-order valence-corrected chi connectivity index (χ3v) is 3.23. The first-order chi connectivity index (χ1) is 9.58. The molecule has 0 aliphatic carbocycles. The summed E-state index contributed by atoms with van der Waals surface area (Å²) in [5.74, 6) is 0.756. The summed E-state index contributed by atoms with van der Waals surface area (Å²) in [6.45, 7) is 1.80. The molecule has 2 rings (SSSR count). The maximum atomic E-state index is 12.0. The highest BCUT2D eigenvalue weighted by atomic mass is 127. The summed E-state index contributed by atoms with van der Waals surface area (Å²) in [5.41, 5.74) is 0.644. The second kappa shape index (κ2) is 6.39. The first-order valence-electron chi connectivity index (χ1n) is 5.83. The lowest BCUT2D eigenvalue weighted by molar-refractivity contribution is -0.112. The van der Waals surface area contributed by atoms with Gasteiger partial charge in [-0.25, -0.2) is 0 Å². The molecule has 20 heavy (non-hydrogen) atoms. The Morgan fingerprint density at radius 3 is 2.55 bits per heavy atom. The molecule has 1 N–H and O–H groups in total. The van der Waals surface area contributed by atoms with Crippen LogP contribution in [0.4, 0.5) is 5.69 Å². The average molecular weight is 378 g/mol. The molecular weight excluding hydrogens is 367 g/mol. The van der Waals surface area contributed by atoms with Crippen molar-refractivity contribution in [2.45, 2.75) is 6.92 Å². The maximum Gasteiger partial charge on any atom is 0.266 e. The number of carbonyl (C=O) groups excluding carboxylic acids is 1. The Bertz CT molecular complexity index is 693. The average Bonchev–Trinajstić information content (AvgIpc) is 2.84. The van der Waals surface area contributed by atoms with Gasteiger partial charge in [-0.2, -0.15) is 5.26 Å². The number of rotatable bonds is 3. The van der Waals surface area contributed by atoms with Crippen LogP contribution in [-0.2, 0) is 4.79 Å². The third-order valence-electron chi connectivity index (χ3n) is 2.51. The molecule has 0 unspecified atom stereocenters. The van der Waals surface area contributed by atoms with Gasteiger partial charge >= 0.3 is 0 Å². The van der Waals surface area contributed by atoms with Crippen LogP contribution in [0.15, 0.2) is 46.4 Å². The van der Waals surface area contributed by atoms with E-state index in [4.69, 9.17) is 9.68 Å². The van der Waals surface area contributed by atoms with Crippen molar-refractivity contribution in [3.63, 3.8) is 0 Å². The number of hydrogen-bond donors (Lipinski definition) is 1. The highest BCUT2D eigenvalue weighted by Crippen LogP contribution is 2.14. The summed E-state index contributed by atoms with van der Waals surface area (Å²) < 4.78 is 6.40. The van der Waals surface area contributed by atoms with E-state index in [1.807, 2.05) is 18.2 Å². The summed E-state index contributed by atoms with van der Waals surface area (Å²) in [6, 6.07) is 12.7. The van der Waals surface area contributed by atoms with Gasteiger partial charge in [0.2, 0.25) is 0 Å². The molecule has 1 aromatic carbocycles. The molecule has 4 nitrogen and oxygen atoms in total. The van der Waals surface area contributed by atoms with Crippen LogP contribution < -0.4 is 5.32 Å². The largest absolute Gasteiger partial charge is 0.462 e.